The Bertz CT molecular complexity index is 851. The van der Waals surface area contributed by atoms with Gasteiger partial charge in [-0.2, -0.15) is 0 Å². The molecular formula is C14H10BrN3O2. The number of carbonyl (C=O) groups excluding carboxylic acids is 1. The van der Waals surface area contributed by atoms with Gasteiger partial charge in [-0.05, 0) is 45.6 Å². The highest BCUT2D eigenvalue weighted by Gasteiger charge is 2.09. The predicted octanol–water partition coefficient (Wildman–Crippen LogP) is 2.87. The van der Waals surface area contributed by atoms with Crippen molar-refractivity contribution in [3.63, 3.8) is 0 Å². The molecule has 1 amide bonds. The predicted molar refractivity (Wildman–Crippen MR) is 81.0 cm³/mol. The van der Waals surface area contributed by atoms with Crippen molar-refractivity contribution in [2.24, 2.45) is 0 Å². The van der Waals surface area contributed by atoms with Crippen LogP contribution in [0, 0.1) is 0 Å². The fraction of sp³-hybridized carbons (Fsp3) is 0. The van der Waals surface area contributed by atoms with Crippen LogP contribution in [0.5, 0.6) is 0 Å². The zero-order valence-corrected chi connectivity index (χ0v) is 11.8. The van der Waals surface area contributed by atoms with E-state index >= 15 is 0 Å². The molecule has 0 aliphatic rings. The minimum Gasteiger partial charge on any atom is -0.361 e. The molecule has 20 heavy (non-hydrogen) atoms. The summed E-state index contributed by atoms with van der Waals surface area (Å²) in [6.45, 7) is 0. The first-order valence-corrected chi connectivity index (χ1v) is 6.69. The Labute approximate surface area is 122 Å². The number of rotatable bonds is 2. The van der Waals surface area contributed by atoms with Crippen LogP contribution in [0.3, 0.4) is 0 Å². The summed E-state index contributed by atoms with van der Waals surface area (Å²) in [4.78, 5) is 29.3. The Morgan fingerprint density at radius 2 is 2.00 bits per heavy atom. The quantitative estimate of drug-likeness (QED) is 0.675. The summed E-state index contributed by atoms with van der Waals surface area (Å²) in [6.07, 6.45) is 3.33. The normalized spacial score (nSPS) is 10.7. The molecule has 3 N–H and O–H groups in total. The molecule has 0 unspecified atom stereocenters. The van der Waals surface area contributed by atoms with Crippen molar-refractivity contribution in [1.29, 1.82) is 0 Å². The molecule has 0 radical (unpaired) electrons. The lowest BCUT2D eigenvalue weighted by Crippen LogP contribution is -2.19. The van der Waals surface area contributed by atoms with Gasteiger partial charge < -0.3 is 15.3 Å². The zero-order valence-electron chi connectivity index (χ0n) is 10.2. The van der Waals surface area contributed by atoms with Crippen LogP contribution in [0.15, 0.2) is 52.0 Å². The van der Waals surface area contributed by atoms with Crippen molar-refractivity contribution in [3.05, 3.63) is 63.1 Å². The second kappa shape index (κ2) is 4.97. The molecule has 5 nitrogen and oxygen atoms in total. The molecule has 0 saturated heterocycles. The summed E-state index contributed by atoms with van der Waals surface area (Å²) in [7, 11) is 0. The number of pyridine rings is 1. The SMILES string of the molecule is O=C(Nc1cc(Br)c[nH]c1=O)c1ccc2cc[nH]c2c1. The van der Waals surface area contributed by atoms with Gasteiger partial charge in [0.25, 0.3) is 11.5 Å². The molecule has 0 atom stereocenters. The molecule has 0 fully saturated rings. The van der Waals surface area contributed by atoms with E-state index in [4.69, 9.17) is 0 Å². The number of H-pyrrole nitrogens is 2. The molecule has 3 aromatic rings. The van der Waals surface area contributed by atoms with Gasteiger partial charge >= 0.3 is 0 Å². The van der Waals surface area contributed by atoms with Crippen LogP contribution in [0.25, 0.3) is 10.9 Å². The first-order valence-electron chi connectivity index (χ1n) is 5.90. The largest absolute Gasteiger partial charge is 0.361 e. The molecule has 0 aliphatic heterocycles. The van der Waals surface area contributed by atoms with Gasteiger partial charge in [-0.25, -0.2) is 0 Å². The van der Waals surface area contributed by atoms with E-state index in [1.165, 1.54) is 6.20 Å². The fourth-order valence-corrected chi connectivity index (χ4v) is 2.28. The van der Waals surface area contributed by atoms with Crippen molar-refractivity contribution < 1.29 is 4.79 Å². The van der Waals surface area contributed by atoms with E-state index in [9.17, 15) is 9.59 Å². The summed E-state index contributed by atoms with van der Waals surface area (Å²) in [5.41, 5.74) is 1.22. The second-order valence-electron chi connectivity index (χ2n) is 4.29. The molecular weight excluding hydrogens is 322 g/mol. The number of fused-ring (bicyclic) bond motifs is 1. The number of nitrogens with one attached hydrogen (secondary N) is 3. The van der Waals surface area contributed by atoms with Gasteiger partial charge in [0.15, 0.2) is 0 Å². The third-order valence-corrected chi connectivity index (χ3v) is 3.39. The van der Waals surface area contributed by atoms with Gasteiger partial charge in [-0.3, -0.25) is 9.59 Å². The molecule has 0 bridgehead atoms. The summed E-state index contributed by atoms with van der Waals surface area (Å²) in [5.74, 6) is -0.329. The van der Waals surface area contributed by atoms with Crippen LogP contribution >= 0.6 is 15.9 Å². The number of amides is 1. The summed E-state index contributed by atoms with van der Waals surface area (Å²) in [5, 5.41) is 3.63. The van der Waals surface area contributed by atoms with E-state index in [-0.39, 0.29) is 17.2 Å². The van der Waals surface area contributed by atoms with E-state index in [1.807, 2.05) is 18.3 Å². The Morgan fingerprint density at radius 1 is 1.15 bits per heavy atom. The molecule has 2 heterocycles. The zero-order chi connectivity index (χ0) is 14.1. The Morgan fingerprint density at radius 3 is 2.85 bits per heavy atom. The van der Waals surface area contributed by atoms with Crippen LogP contribution in [0.2, 0.25) is 0 Å². The summed E-state index contributed by atoms with van der Waals surface area (Å²) in [6, 6.07) is 8.81. The lowest BCUT2D eigenvalue weighted by Gasteiger charge is -2.05. The first-order chi connectivity index (χ1) is 9.63. The van der Waals surface area contributed by atoms with E-state index < -0.39 is 0 Å². The van der Waals surface area contributed by atoms with Crippen LogP contribution in [-0.2, 0) is 0 Å². The van der Waals surface area contributed by atoms with Crippen molar-refractivity contribution in [2.45, 2.75) is 0 Å². The van der Waals surface area contributed by atoms with Gasteiger partial charge in [0.05, 0.1) is 0 Å². The summed E-state index contributed by atoms with van der Waals surface area (Å²) < 4.78 is 0.687. The van der Waals surface area contributed by atoms with Gasteiger partial charge in [0.1, 0.15) is 5.69 Å². The van der Waals surface area contributed by atoms with Crippen molar-refractivity contribution in [2.75, 3.05) is 5.32 Å². The number of benzene rings is 1. The average molecular weight is 332 g/mol. The van der Waals surface area contributed by atoms with Crippen molar-refractivity contribution in [3.8, 4) is 0 Å². The maximum Gasteiger partial charge on any atom is 0.271 e. The van der Waals surface area contributed by atoms with E-state index in [2.05, 4.69) is 31.2 Å². The fourth-order valence-electron chi connectivity index (χ4n) is 1.93. The number of carbonyl (C=O) groups is 1. The van der Waals surface area contributed by atoms with Crippen LogP contribution in [-0.4, -0.2) is 15.9 Å². The van der Waals surface area contributed by atoms with Crippen molar-refractivity contribution in [1.82, 2.24) is 9.97 Å². The first kappa shape index (κ1) is 12.7. The van der Waals surface area contributed by atoms with Gasteiger partial charge in [0, 0.05) is 27.9 Å². The number of aromatic amines is 2. The van der Waals surface area contributed by atoms with Crippen LogP contribution < -0.4 is 10.9 Å². The lowest BCUT2D eigenvalue weighted by molar-refractivity contribution is 0.102. The molecule has 2 aromatic heterocycles. The van der Waals surface area contributed by atoms with E-state index in [0.29, 0.717) is 10.0 Å². The van der Waals surface area contributed by atoms with Crippen molar-refractivity contribution >= 4 is 38.4 Å². The average Bonchev–Trinajstić information content (AvgIpc) is 2.90. The minimum absolute atomic E-state index is 0.205. The number of halogens is 1. The lowest BCUT2D eigenvalue weighted by atomic mass is 10.1. The number of hydrogen-bond donors (Lipinski definition) is 3. The Balaban J connectivity index is 1.92. The number of aromatic nitrogens is 2. The molecule has 6 heteroatoms. The van der Waals surface area contributed by atoms with Gasteiger partial charge in [0.2, 0.25) is 0 Å². The highest BCUT2D eigenvalue weighted by molar-refractivity contribution is 9.10. The third-order valence-electron chi connectivity index (χ3n) is 2.93. The van der Waals surface area contributed by atoms with Crippen LogP contribution in [0.1, 0.15) is 10.4 Å². The molecule has 0 aliphatic carbocycles. The third kappa shape index (κ3) is 2.37. The van der Waals surface area contributed by atoms with E-state index in [1.54, 1.807) is 18.2 Å². The maximum atomic E-state index is 12.2. The van der Waals surface area contributed by atoms with E-state index in [0.717, 1.165) is 10.9 Å². The number of hydrogen-bond acceptors (Lipinski definition) is 2. The molecule has 1 aromatic carbocycles. The monoisotopic (exact) mass is 331 g/mol. The summed E-state index contributed by atoms with van der Waals surface area (Å²) >= 11 is 3.24. The minimum atomic E-state index is -0.345. The number of anilines is 1. The molecule has 3 rings (SSSR count). The highest BCUT2D eigenvalue weighted by Crippen LogP contribution is 2.16. The standard InChI is InChI=1S/C14H10BrN3O2/c15-10-6-12(14(20)17-7-10)18-13(19)9-2-1-8-3-4-16-11(8)5-9/h1-7,16H,(H,17,20)(H,18,19). The molecule has 0 spiro atoms. The van der Waals surface area contributed by atoms with Crippen LogP contribution in [0.4, 0.5) is 5.69 Å². The second-order valence-corrected chi connectivity index (χ2v) is 5.21. The van der Waals surface area contributed by atoms with Gasteiger partial charge in [-0.15, -0.1) is 0 Å². The molecule has 0 saturated carbocycles. The Kier molecular flexibility index (Phi) is 3.15. The smallest absolute Gasteiger partial charge is 0.271 e. The molecule has 100 valence electrons. The topological polar surface area (TPSA) is 77.8 Å². The maximum absolute atomic E-state index is 12.2. The Hall–Kier alpha value is -2.34. The highest BCUT2D eigenvalue weighted by atomic mass is 79.9. The van der Waals surface area contributed by atoms with Gasteiger partial charge in [-0.1, -0.05) is 6.07 Å².